The summed E-state index contributed by atoms with van der Waals surface area (Å²) < 4.78 is 23.3. The smallest absolute Gasteiger partial charge is 0.338 e. The van der Waals surface area contributed by atoms with Crippen LogP contribution in [0.3, 0.4) is 0 Å². The molecule has 0 amide bonds. The molecule has 0 aliphatic carbocycles. The SMILES string of the molecule is COCCO[Si](CCCCCC(C)C)(CCCCCC(C)C)OCCOC. The fraction of sp³-hybridized carbons (Fsp3) is 1.00. The van der Waals surface area contributed by atoms with Crippen molar-refractivity contribution in [2.45, 2.75) is 91.1 Å². The van der Waals surface area contributed by atoms with E-state index in [2.05, 4.69) is 27.7 Å². The Morgan fingerprint density at radius 2 is 0.963 bits per heavy atom. The molecule has 0 spiro atoms. The van der Waals surface area contributed by atoms with Gasteiger partial charge >= 0.3 is 8.56 Å². The average Bonchev–Trinajstić information content (AvgIpc) is 2.61. The largest absolute Gasteiger partial charge is 0.392 e. The van der Waals surface area contributed by atoms with Gasteiger partial charge < -0.3 is 18.3 Å². The summed E-state index contributed by atoms with van der Waals surface area (Å²) in [6.45, 7) is 11.8. The Labute approximate surface area is 170 Å². The maximum absolute atomic E-state index is 6.41. The van der Waals surface area contributed by atoms with Crippen LogP contribution in [0, 0.1) is 11.8 Å². The first-order valence-electron chi connectivity index (χ1n) is 11.2. The molecule has 0 saturated carbocycles. The van der Waals surface area contributed by atoms with Gasteiger partial charge in [0.15, 0.2) is 0 Å². The summed E-state index contributed by atoms with van der Waals surface area (Å²) in [5.74, 6) is 1.59. The van der Waals surface area contributed by atoms with Crippen LogP contribution in [-0.4, -0.2) is 49.2 Å². The van der Waals surface area contributed by atoms with Crippen LogP contribution in [0.25, 0.3) is 0 Å². The van der Waals surface area contributed by atoms with Gasteiger partial charge in [0, 0.05) is 14.2 Å². The third-order valence-corrected chi connectivity index (χ3v) is 8.67. The average molecular weight is 405 g/mol. The van der Waals surface area contributed by atoms with Gasteiger partial charge in [-0.2, -0.15) is 0 Å². The van der Waals surface area contributed by atoms with Crippen molar-refractivity contribution in [2.24, 2.45) is 11.8 Å². The Bertz CT molecular complexity index is 281. The van der Waals surface area contributed by atoms with Gasteiger partial charge in [0.2, 0.25) is 0 Å². The maximum Gasteiger partial charge on any atom is 0.338 e. The summed E-state index contributed by atoms with van der Waals surface area (Å²) in [5.41, 5.74) is 0. The van der Waals surface area contributed by atoms with Crippen LogP contribution >= 0.6 is 0 Å². The quantitative estimate of drug-likeness (QED) is 0.179. The topological polar surface area (TPSA) is 36.9 Å². The molecule has 0 saturated heterocycles. The second-order valence-corrected chi connectivity index (χ2v) is 12.0. The summed E-state index contributed by atoms with van der Waals surface area (Å²) in [6.07, 6.45) is 10.2. The van der Waals surface area contributed by atoms with Crippen LogP contribution in [0.1, 0.15) is 79.1 Å². The van der Waals surface area contributed by atoms with Crippen molar-refractivity contribution in [1.82, 2.24) is 0 Å². The van der Waals surface area contributed by atoms with E-state index in [1.807, 2.05) is 0 Å². The van der Waals surface area contributed by atoms with Crippen LogP contribution in [0.15, 0.2) is 0 Å². The minimum atomic E-state index is -2.18. The van der Waals surface area contributed by atoms with Crippen LogP contribution in [0.4, 0.5) is 0 Å². The monoisotopic (exact) mass is 404 g/mol. The molecular formula is C22H48O4Si. The van der Waals surface area contributed by atoms with E-state index in [1.165, 1.54) is 51.4 Å². The van der Waals surface area contributed by atoms with E-state index < -0.39 is 8.56 Å². The highest BCUT2D eigenvalue weighted by Crippen LogP contribution is 2.27. The van der Waals surface area contributed by atoms with Crippen molar-refractivity contribution in [2.75, 3.05) is 40.6 Å². The van der Waals surface area contributed by atoms with Crippen LogP contribution in [0.5, 0.6) is 0 Å². The number of methoxy groups -OCH3 is 2. The van der Waals surface area contributed by atoms with Crippen molar-refractivity contribution in [1.29, 1.82) is 0 Å². The van der Waals surface area contributed by atoms with Gasteiger partial charge in [0.25, 0.3) is 0 Å². The molecule has 0 aromatic carbocycles. The lowest BCUT2D eigenvalue weighted by Crippen LogP contribution is -2.43. The Hall–Kier alpha value is 0.0569. The van der Waals surface area contributed by atoms with Crippen molar-refractivity contribution in [3.63, 3.8) is 0 Å². The number of hydrogen-bond acceptors (Lipinski definition) is 4. The molecule has 164 valence electrons. The summed E-state index contributed by atoms with van der Waals surface area (Å²) in [5, 5.41) is 0. The summed E-state index contributed by atoms with van der Waals surface area (Å²) in [7, 11) is 1.28. The maximum atomic E-state index is 6.41. The third-order valence-electron chi connectivity index (χ3n) is 4.98. The van der Waals surface area contributed by atoms with Crippen molar-refractivity contribution in [3.8, 4) is 0 Å². The molecule has 27 heavy (non-hydrogen) atoms. The van der Waals surface area contributed by atoms with Gasteiger partial charge in [0.1, 0.15) is 0 Å². The number of hydrogen-bond donors (Lipinski definition) is 0. The van der Waals surface area contributed by atoms with Crippen LogP contribution < -0.4 is 0 Å². The fourth-order valence-electron chi connectivity index (χ4n) is 3.32. The van der Waals surface area contributed by atoms with E-state index in [1.54, 1.807) is 14.2 Å². The lowest BCUT2D eigenvalue weighted by Gasteiger charge is -2.31. The fourth-order valence-corrected chi connectivity index (χ4v) is 6.72. The van der Waals surface area contributed by atoms with Crippen molar-refractivity contribution >= 4 is 8.56 Å². The van der Waals surface area contributed by atoms with Gasteiger partial charge in [-0.05, 0) is 23.9 Å². The normalized spacial score (nSPS) is 12.4. The van der Waals surface area contributed by atoms with Crippen LogP contribution in [0.2, 0.25) is 12.1 Å². The molecule has 0 fully saturated rings. The summed E-state index contributed by atoms with van der Waals surface area (Å²) >= 11 is 0. The molecule has 0 heterocycles. The Balaban J connectivity index is 4.61. The molecule has 5 heteroatoms. The zero-order chi connectivity index (χ0) is 20.4. The second-order valence-electron chi connectivity index (χ2n) is 8.58. The molecule has 0 bridgehead atoms. The zero-order valence-electron chi connectivity index (χ0n) is 19.2. The van der Waals surface area contributed by atoms with E-state index in [0.29, 0.717) is 26.4 Å². The molecule has 0 atom stereocenters. The first-order chi connectivity index (χ1) is 13.0. The Morgan fingerprint density at radius 1 is 0.556 bits per heavy atom. The summed E-state index contributed by atoms with van der Waals surface area (Å²) in [6, 6.07) is 2.20. The standard InChI is InChI=1S/C22H48O4Si/c1-21(2)13-9-7-11-19-27(25-17-15-23-5,26-18-16-24-6)20-12-8-10-14-22(3)4/h21-22H,7-20H2,1-6H3. The molecule has 0 N–H and O–H groups in total. The second kappa shape index (κ2) is 18.1. The molecule has 0 unspecified atom stereocenters. The molecule has 0 aromatic rings. The highest BCUT2D eigenvalue weighted by atomic mass is 28.4. The van der Waals surface area contributed by atoms with E-state index in [9.17, 15) is 0 Å². The lowest BCUT2D eigenvalue weighted by atomic mass is 10.1. The lowest BCUT2D eigenvalue weighted by molar-refractivity contribution is 0.0849. The van der Waals surface area contributed by atoms with E-state index in [-0.39, 0.29) is 0 Å². The number of rotatable bonds is 20. The van der Waals surface area contributed by atoms with Gasteiger partial charge in [0.05, 0.1) is 26.4 Å². The van der Waals surface area contributed by atoms with E-state index >= 15 is 0 Å². The predicted octanol–water partition coefficient (Wildman–Crippen LogP) is 6.19. The van der Waals surface area contributed by atoms with Crippen molar-refractivity contribution < 1.29 is 18.3 Å². The minimum absolute atomic E-state index is 0.642. The van der Waals surface area contributed by atoms with Crippen molar-refractivity contribution in [3.05, 3.63) is 0 Å². The van der Waals surface area contributed by atoms with Gasteiger partial charge in [-0.3, -0.25) is 0 Å². The minimum Gasteiger partial charge on any atom is -0.392 e. The van der Waals surface area contributed by atoms with Gasteiger partial charge in [-0.25, -0.2) is 0 Å². The van der Waals surface area contributed by atoms with E-state index in [4.69, 9.17) is 18.3 Å². The van der Waals surface area contributed by atoms with Gasteiger partial charge in [-0.15, -0.1) is 0 Å². The first kappa shape index (κ1) is 27.1. The molecule has 0 aromatic heterocycles. The molecule has 0 aliphatic heterocycles. The van der Waals surface area contributed by atoms with E-state index in [0.717, 1.165) is 23.9 Å². The number of unbranched alkanes of at least 4 members (excludes halogenated alkanes) is 4. The first-order valence-corrected chi connectivity index (χ1v) is 13.4. The molecule has 4 nitrogen and oxygen atoms in total. The molecule has 0 radical (unpaired) electrons. The summed E-state index contributed by atoms with van der Waals surface area (Å²) in [4.78, 5) is 0. The molecule has 0 rings (SSSR count). The molecule has 0 aliphatic rings. The Kier molecular flexibility index (Phi) is 18.1. The zero-order valence-corrected chi connectivity index (χ0v) is 20.2. The number of ether oxygens (including phenoxy) is 2. The third kappa shape index (κ3) is 16.7. The highest BCUT2D eigenvalue weighted by molar-refractivity contribution is 6.67. The highest BCUT2D eigenvalue weighted by Gasteiger charge is 2.36. The molecular weight excluding hydrogens is 356 g/mol. The van der Waals surface area contributed by atoms with Crippen LogP contribution in [-0.2, 0) is 18.3 Å². The predicted molar refractivity (Wildman–Crippen MR) is 118 cm³/mol. The van der Waals surface area contributed by atoms with Gasteiger partial charge in [-0.1, -0.05) is 79.1 Å². The Morgan fingerprint density at radius 3 is 1.30 bits per heavy atom.